The summed E-state index contributed by atoms with van der Waals surface area (Å²) in [6.45, 7) is 0.137. The molecule has 0 atom stereocenters. The van der Waals surface area contributed by atoms with Gasteiger partial charge < -0.3 is 5.11 Å². The largest absolute Gasteiger partial charge is 0.389 e. The molecule has 0 heterocycles. The normalized spacial score (nSPS) is 18.9. The molecule has 0 spiro atoms. The highest BCUT2D eigenvalue weighted by Gasteiger charge is 2.35. The molecule has 0 aliphatic heterocycles. The van der Waals surface area contributed by atoms with Crippen LogP contribution in [0.25, 0.3) is 0 Å². The fourth-order valence-electron chi connectivity index (χ4n) is 2.48. The van der Waals surface area contributed by atoms with Gasteiger partial charge in [-0.25, -0.2) is 8.42 Å². The molecule has 0 radical (unpaired) electrons. The minimum atomic E-state index is -3.57. The van der Waals surface area contributed by atoms with E-state index in [0.717, 1.165) is 12.8 Å². The number of hydrogen-bond donors (Lipinski definition) is 1. The SMILES string of the molecule is CN(CC1(O)CCCC1)S(=O)(=O)c1ccc(Cl)cc1. The molecule has 1 aliphatic rings. The number of rotatable bonds is 4. The molecule has 1 aromatic carbocycles. The fraction of sp³-hybridized carbons (Fsp3) is 0.538. The minimum Gasteiger partial charge on any atom is -0.389 e. The maximum Gasteiger partial charge on any atom is 0.242 e. The molecule has 6 heteroatoms. The van der Waals surface area contributed by atoms with Crippen molar-refractivity contribution in [3.8, 4) is 0 Å². The molecular weight excluding hydrogens is 286 g/mol. The summed E-state index contributed by atoms with van der Waals surface area (Å²) in [5.74, 6) is 0. The van der Waals surface area contributed by atoms with E-state index in [-0.39, 0.29) is 11.4 Å². The first kappa shape index (κ1) is 14.8. The van der Waals surface area contributed by atoms with Crippen molar-refractivity contribution < 1.29 is 13.5 Å². The van der Waals surface area contributed by atoms with Crippen molar-refractivity contribution in [3.63, 3.8) is 0 Å². The van der Waals surface area contributed by atoms with Gasteiger partial charge in [0, 0.05) is 18.6 Å². The van der Waals surface area contributed by atoms with Crippen LogP contribution in [0.15, 0.2) is 29.2 Å². The highest BCUT2D eigenvalue weighted by Crippen LogP contribution is 2.31. The number of hydrogen-bond acceptors (Lipinski definition) is 3. The van der Waals surface area contributed by atoms with Gasteiger partial charge in [0.1, 0.15) is 0 Å². The molecule has 0 saturated heterocycles. The minimum absolute atomic E-state index is 0.137. The van der Waals surface area contributed by atoms with E-state index < -0.39 is 15.6 Å². The molecule has 1 N–H and O–H groups in total. The van der Waals surface area contributed by atoms with E-state index in [4.69, 9.17) is 11.6 Å². The van der Waals surface area contributed by atoms with Crippen molar-refractivity contribution in [2.45, 2.75) is 36.2 Å². The Bertz CT molecular complexity index is 536. The van der Waals surface area contributed by atoms with Crippen LogP contribution >= 0.6 is 11.6 Å². The summed E-state index contributed by atoms with van der Waals surface area (Å²) >= 11 is 5.75. The van der Waals surface area contributed by atoms with Gasteiger partial charge in [0.25, 0.3) is 0 Å². The lowest BCUT2D eigenvalue weighted by molar-refractivity contribution is 0.0333. The van der Waals surface area contributed by atoms with Crippen LogP contribution in [0, 0.1) is 0 Å². The van der Waals surface area contributed by atoms with Crippen LogP contribution < -0.4 is 0 Å². The van der Waals surface area contributed by atoms with Crippen LogP contribution in [0.4, 0.5) is 0 Å². The Morgan fingerprint density at radius 3 is 2.32 bits per heavy atom. The Hall–Kier alpha value is -0.620. The zero-order valence-electron chi connectivity index (χ0n) is 10.8. The van der Waals surface area contributed by atoms with E-state index in [2.05, 4.69) is 0 Å². The molecule has 0 bridgehead atoms. The van der Waals surface area contributed by atoms with Gasteiger partial charge in [-0.2, -0.15) is 4.31 Å². The van der Waals surface area contributed by atoms with Gasteiger partial charge in [0.15, 0.2) is 0 Å². The van der Waals surface area contributed by atoms with Gasteiger partial charge in [-0.15, -0.1) is 0 Å². The van der Waals surface area contributed by atoms with Crippen molar-refractivity contribution >= 4 is 21.6 Å². The molecule has 0 amide bonds. The van der Waals surface area contributed by atoms with Gasteiger partial charge in [-0.1, -0.05) is 24.4 Å². The average Bonchev–Trinajstić information content (AvgIpc) is 2.76. The molecule has 1 saturated carbocycles. The molecule has 0 aromatic heterocycles. The van der Waals surface area contributed by atoms with Crippen molar-refractivity contribution in [2.75, 3.05) is 13.6 Å². The summed E-state index contributed by atoms with van der Waals surface area (Å²) in [7, 11) is -2.07. The Labute approximate surface area is 119 Å². The molecule has 0 unspecified atom stereocenters. The standard InChI is InChI=1S/C13H18ClNO3S/c1-15(10-13(16)8-2-3-9-13)19(17,18)12-6-4-11(14)5-7-12/h4-7,16H,2-3,8-10H2,1H3. The summed E-state index contributed by atoms with van der Waals surface area (Å²) in [5.41, 5.74) is -0.881. The number of nitrogens with zero attached hydrogens (tertiary/aromatic N) is 1. The molecule has 4 nitrogen and oxygen atoms in total. The maximum atomic E-state index is 12.3. The third kappa shape index (κ3) is 3.28. The smallest absolute Gasteiger partial charge is 0.242 e. The molecular formula is C13H18ClNO3S. The molecule has 1 fully saturated rings. The third-order valence-electron chi connectivity index (χ3n) is 3.57. The first-order chi connectivity index (χ1) is 8.83. The second kappa shape index (κ2) is 5.40. The Balaban J connectivity index is 2.17. The summed E-state index contributed by atoms with van der Waals surface area (Å²) < 4.78 is 25.9. The average molecular weight is 304 g/mol. The van der Waals surface area contributed by atoms with Crippen LogP contribution in [-0.4, -0.2) is 37.0 Å². The van der Waals surface area contributed by atoms with Crippen molar-refractivity contribution in [1.29, 1.82) is 0 Å². The van der Waals surface area contributed by atoms with E-state index in [1.165, 1.54) is 23.5 Å². The van der Waals surface area contributed by atoms with E-state index in [9.17, 15) is 13.5 Å². The first-order valence-corrected chi connectivity index (χ1v) is 8.10. The Kier molecular flexibility index (Phi) is 4.20. The lowest BCUT2D eigenvalue weighted by Crippen LogP contribution is -2.41. The van der Waals surface area contributed by atoms with Crippen molar-refractivity contribution in [2.24, 2.45) is 0 Å². The van der Waals surface area contributed by atoms with Gasteiger partial charge in [-0.3, -0.25) is 0 Å². The third-order valence-corrected chi connectivity index (χ3v) is 5.64. The fourth-order valence-corrected chi connectivity index (χ4v) is 3.85. The zero-order chi connectivity index (χ0) is 14.1. The van der Waals surface area contributed by atoms with E-state index in [1.807, 2.05) is 0 Å². The quantitative estimate of drug-likeness (QED) is 0.928. The maximum absolute atomic E-state index is 12.3. The van der Waals surface area contributed by atoms with Gasteiger partial charge in [0.2, 0.25) is 10.0 Å². The number of sulfonamides is 1. The van der Waals surface area contributed by atoms with Gasteiger partial charge in [-0.05, 0) is 37.1 Å². The monoisotopic (exact) mass is 303 g/mol. The molecule has 19 heavy (non-hydrogen) atoms. The Morgan fingerprint density at radius 2 is 1.79 bits per heavy atom. The predicted molar refractivity (Wildman–Crippen MR) is 74.7 cm³/mol. The lowest BCUT2D eigenvalue weighted by Gasteiger charge is -2.28. The number of benzene rings is 1. The molecule has 106 valence electrons. The summed E-state index contributed by atoms with van der Waals surface area (Å²) in [6.07, 6.45) is 3.22. The summed E-state index contributed by atoms with van der Waals surface area (Å²) in [5, 5.41) is 10.8. The van der Waals surface area contributed by atoms with Gasteiger partial charge >= 0.3 is 0 Å². The summed E-state index contributed by atoms with van der Waals surface area (Å²) in [4.78, 5) is 0.195. The highest BCUT2D eigenvalue weighted by molar-refractivity contribution is 7.89. The topological polar surface area (TPSA) is 57.6 Å². The van der Waals surface area contributed by atoms with Crippen LogP contribution in [0.2, 0.25) is 5.02 Å². The van der Waals surface area contributed by atoms with E-state index in [1.54, 1.807) is 12.1 Å². The van der Waals surface area contributed by atoms with E-state index in [0.29, 0.717) is 17.9 Å². The van der Waals surface area contributed by atoms with Gasteiger partial charge in [0.05, 0.1) is 10.5 Å². The molecule has 1 aliphatic carbocycles. The number of aliphatic hydroxyl groups is 1. The number of halogens is 1. The predicted octanol–water partition coefficient (Wildman–Crippen LogP) is 2.27. The van der Waals surface area contributed by atoms with Crippen molar-refractivity contribution in [3.05, 3.63) is 29.3 Å². The molecule has 1 aromatic rings. The second-order valence-electron chi connectivity index (χ2n) is 5.15. The van der Waals surface area contributed by atoms with Crippen LogP contribution in [0.1, 0.15) is 25.7 Å². The van der Waals surface area contributed by atoms with Crippen LogP contribution in [0.5, 0.6) is 0 Å². The summed E-state index contributed by atoms with van der Waals surface area (Å²) in [6, 6.07) is 6.05. The second-order valence-corrected chi connectivity index (χ2v) is 7.63. The van der Waals surface area contributed by atoms with Crippen LogP contribution in [-0.2, 0) is 10.0 Å². The highest BCUT2D eigenvalue weighted by atomic mass is 35.5. The lowest BCUT2D eigenvalue weighted by atomic mass is 10.0. The zero-order valence-corrected chi connectivity index (χ0v) is 12.4. The molecule has 2 rings (SSSR count). The number of likely N-dealkylation sites (N-methyl/N-ethyl adjacent to an activating group) is 1. The van der Waals surface area contributed by atoms with E-state index >= 15 is 0 Å². The first-order valence-electron chi connectivity index (χ1n) is 6.28. The van der Waals surface area contributed by atoms with Crippen LogP contribution in [0.3, 0.4) is 0 Å². The Morgan fingerprint density at radius 1 is 1.26 bits per heavy atom. The van der Waals surface area contributed by atoms with Crippen molar-refractivity contribution in [1.82, 2.24) is 4.31 Å².